The fourth-order valence-corrected chi connectivity index (χ4v) is 3.00. The summed E-state index contributed by atoms with van der Waals surface area (Å²) in [5.74, 6) is 0.584. The molecule has 19 heavy (non-hydrogen) atoms. The van der Waals surface area contributed by atoms with Crippen LogP contribution in [-0.4, -0.2) is 12.0 Å². The first-order valence-corrected chi connectivity index (χ1v) is 7.01. The standard InChI is InChI=1S/C12H11BrN2O3S/c1-18-11-4-2-8(15(16)17)6-10(11)14-7-9-3-5-12(13)19-9/h2-6,14H,7H2,1H3. The molecule has 2 aromatic rings. The van der Waals surface area contributed by atoms with Gasteiger partial charge < -0.3 is 10.1 Å². The van der Waals surface area contributed by atoms with Gasteiger partial charge in [-0.1, -0.05) is 0 Å². The first-order chi connectivity index (χ1) is 9.10. The van der Waals surface area contributed by atoms with Gasteiger partial charge in [-0.3, -0.25) is 10.1 Å². The van der Waals surface area contributed by atoms with Gasteiger partial charge in [0, 0.05) is 23.6 Å². The molecular weight excluding hydrogens is 332 g/mol. The number of hydrogen-bond acceptors (Lipinski definition) is 5. The number of halogens is 1. The smallest absolute Gasteiger partial charge is 0.271 e. The number of nitrogens with one attached hydrogen (secondary N) is 1. The van der Waals surface area contributed by atoms with E-state index in [2.05, 4.69) is 21.2 Å². The lowest BCUT2D eigenvalue weighted by Gasteiger charge is -2.10. The Kier molecular flexibility index (Phi) is 4.39. The fraction of sp³-hybridized carbons (Fsp3) is 0.167. The average Bonchev–Trinajstić information content (AvgIpc) is 2.81. The van der Waals surface area contributed by atoms with Gasteiger partial charge in [0.2, 0.25) is 0 Å². The first kappa shape index (κ1) is 13.8. The maximum atomic E-state index is 10.8. The highest BCUT2D eigenvalue weighted by atomic mass is 79.9. The average molecular weight is 343 g/mol. The van der Waals surface area contributed by atoms with Crippen LogP contribution in [0.3, 0.4) is 0 Å². The summed E-state index contributed by atoms with van der Waals surface area (Å²) in [5.41, 5.74) is 0.650. The number of anilines is 1. The van der Waals surface area contributed by atoms with Gasteiger partial charge in [0.1, 0.15) is 5.75 Å². The van der Waals surface area contributed by atoms with E-state index in [1.807, 2.05) is 12.1 Å². The van der Waals surface area contributed by atoms with Crippen LogP contribution in [0.25, 0.3) is 0 Å². The molecule has 1 aromatic carbocycles. The second kappa shape index (κ2) is 6.03. The Labute approximate surface area is 122 Å². The summed E-state index contributed by atoms with van der Waals surface area (Å²) in [5, 5.41) is 13.9. The molecule has 0 bridgehead atoms. The molecule has 2 rings (SSSR count). The molecule has 0 aliphatic carbocycles. The van der Waals surface area contributed by atoms with Crippen molar-refractivity contribution in [3.05, 3.63) is 49.1 Å². The van der Waals surface area contributed by atoms with E-state index in [9.17, 15) is 10.1 Å². The normalized spacial score (nSPS) is 10.2. The molecule has 5 nitrogen and oxygen atoms in total. The number of thiophene rings is 1. The van der Waals surface area contributed by atoms with Crippen molar-refractivity contribution in [2.24, 2.45) is 0 Å². The lowest BCUT2D eigenvalue weighted by molar-refractivity contribution is -0.384. The molecule has 0 atom stereocenters. The van der Waals surface area contributed by atoms with E-state index < -0.39 is 4.92 Å². The summed E-state index contributed by atoms with van der Waals surface area (Å²) >= 11 is 5.00. The lowest BCUT2D eigenvalue weighted by atomic mass is 10.2. The van der Waals surface area contributed by atoms with Gasteiger partial charge in [0.15, 0.2) is 0 Å². The van der Waals surface area contributed by atoms with E-state index in [0.717, 1.165) is 8.66 Å². The monoisotopic (exact) mass is 342 g/mol. The molecule has 0 radical (unpaired) electrons. The highest BCUT2D eigenvalue weighted by Crippen LogP contribution is 2.30. The summed E-state index contributed by atoms with van der Waals surface area (Å²) in [6.45, 7) is 0.591. The van der Waals surface area contributed by atoms with E-state index in [1.165, 1.54) is 19.2 Å². The minimum atomic E-state index is -0.424. The van der Waals surface area contributed by atoms with Crippen LogP contribution in [0.5, 0.6) is 5.75 Å². The van der Waals surface area contributed by atoms with Crippen LogP contribution in [0.15, 0.2) is 34.1 Å². The molecule has 100 valence electrons. The van der Waals surface area contributed by atoms with Crippen LogP contribution >= 0.6 is 27.3 Å². The summed E-state index contributed by atoms with van der Waals surface area (Å²) < 4.78 is 6.23. The van der Waals surface area contributed by atoms with E-state index in [0.29, 0.717) is 18.0 Å². The molecule has 0 saturated heterocycles. The van der Waals surface area contributed by atoms with E-state index in [1.54, 1.807) is 17.4 Å². The molecule has 0 aliphatic rings. The summed E-state index contributed by atoms with van der Waals surface area (Å²) in [4.78, 5) is 11.5. The lowest BCUT2D eigenvalue weighted by Crippen LogP contribution is -2.01. The zero-order valence-corrected chi connectivity index (χ0v) is 12.5. The van der Waals surface area contributed by atoms with Crippen molar-refractivity contribution in [2.45, 2.75) is 6.54 Å². The number of methoxy groups -OCH3 is 1. The zero-order chi connectivity index (χ0) is 13.8. The van der Waals surface area contributed by atoms with Gasteiger partial charge in [-0.25, -0.2) is 0 Å². The topological polar surface area (TPSA) is 64.4 Å². The highest BCUT2D eigenvalue weighted by molar-refractivity contribution is 9.11. The van der Waals surface area contributed by atoms with Gasteiger partial charge in [-0.15, -0.1) is 11.3 Å². The minimum Gasteiger partial charge on any atom is -0.495 e. The van der Waals surface area contributed by atoms with Crippen molar-refractivity contribution in [2.75, 3.05) is 12.4 Å². The third-order valence-electron chi connectivity index (χ3n) is 2.48. The molecule has 1 aromatic heterocycles. The number of non-ortho nitro benzene ring substituents is 1. The number of benzene rings is 1. The molecule has 0 amide bonds. The van der Waals surface area contributed by atoms with Crippen LogP contribution in [0.1, 0.15) is 4.88 Å². The minimum absolute atomic E-state index is 0.0376. The maximum absolute atomic E-state index is 10.8. The SMILES string of the molecule is COc1ccc([N+](=O)[O-])cc1NCc1ccc(Br)s1. The Hall–Kier alpha value is -1.60. The van der Waals surface area contributed by atoms with Crippen LogP contribution < -0.4 is 10.1 Å². The molecule has 0 unspecified atom stereocenters. The predicted octanol–water partition coefficient (Wildman–Crippen LogP) is 4.04. The molecule has 0 fully saturated rings. The summed E-state index contributed by atoms with van der Waals surface area (Å²) in [6.07, 6.45) is 0. The second-order valence-corrected chi connectivity index (χ2v) is 6.25. The summed E-state index contributed by atoms with van der Waals surface area (Å²) in [7, 11) is 1.54. The largest absolute Gasteiger partial charge is 0.495 e. The van der Waals surface area contributed by atoms with Gasteiger partial charge in [0.25, 0.3) is 5.69 Å². The Bertz CT molecular complexity index is 600. The van der Waals surface area contributed by atoms with Crippen LogP contribution in [0, 0.1) is 10.1 Å². The van der Waals surface area contributed by atoms with Crippen molar-refractivity contribution < 1.29 is 9.66 Å². The van der Waals surface area contributed by atoms with Crippen molar-refractivity contribution >= 4 is 38.6 Å². The highest BCUT2D eigenvalue weighted by Gasteiger charge is 2.11. The van der Waals surface area contributed by atoms with Crippen molar-refractivity contribution in [3.8, 4) is 5.75 Å². The van der Waals surface area contributed by atoms with Crippen molar-refractivity contribution in [3.63, 3.8) is 0 Å². The number of ether oxygens (including phenoxy) is 1. The second-order valence-electron chi connectivity index (χ2n) is 3.70. The van der Waals surface area contributed by atoms with Crippen molar-refractivity contribution in [1.29, 1.82) is 0 Å². The molecule has 0 aliphatic heterocycles. The number of rotatable bonds is 5. The Morgan fingerprint density at radius 2 is 2.21 bits per heavy atom. The van der Waals surface area contributed by atoms with Crippen LogP contribution in [0.2, 0.25) is 0 Å². The van der Waals surface area contributed by atoms with Gasteiger partial charge in [-0.2, -0.15) is 0 Å². The number of nitrogens with zero attached hydrogens (tertiary/aromatic N) is 1. The molecule has 7 heteroatoms. The van der Waals surface area contributed by atoms with Crippen LogP contribution in [-0.2, 0) is 6.54 Å². The first-order valence-electron chi connectivity index (χ1n) is 5.40. The Balaban J connectivity index is 2.17. The number of nitro groups is 1. The fourth-order valence-electron chi connectivity index (χ4n) is 1.58. The zero-order valence-electron chi connectivity index (χ0n) is 10.1. The molecular formula is C12H11BrN2O3S. The number of nitro benzene ring substituents is 1. The van der Waals surface area contributed by atoms with Gasteiger partial charge in [0.05, 0.1) is 21.5 Å². The Morgan fingerprint density at radius 1 is 1.42 bits per heavy atom. The predicted molar refractivity (Wildman–Crippen MR) is 79.0 cm³/mol. The van der Waals surface area contributed by atoms with Gasteiger partial charge >= 0.3 is 0 Å². The molecule has 1 N–H and O–H groups in total. The molecule has 0 saturated carbocycles. The van der Waals surface area contributed by atoms with Crippen LogP contribution in [0.4, 0.5) is 11.4 Å². The quantitative estimate of drug-likeness (QED) is 0.657. The van der Waals surface area contributed by atoms with E-state index in [-0.39, 0.29) is 5.69 Å². The number of hydrogen-bond donors (Lipinski definition) is 1. The summed E-state index contributed by atoms with van der Waals surface area (Å²) in [6, 6.07) is 8.44. The molecule has 0 spiro atoms. The molecule has 1 heterocycles. The third-order valence-corrected chi connectivity index (χ3v) is 4.10. The maximum Gasteiger partial charge on any atom is 0.271 e. The van der Waals surface area contributed by atoms with E-state index >= 15 is 0 Å². The van der Waals surface area contributed by atoms with E-state index in [4.69, 9.17) is 4.74 Å². The van der Waals surface area contributed by atoms with Crippen molar-refractivity contribution in [1.82, 2.24) is 0 Å². The van der Waals surface area contributed by atoms with Gasteiger partial charge in [-0.05, 0) is 34.1 Å². The Morgan fingerprint density at radius 3 is 2.79 bits per heavy atom. The third kappa shape index (κ3) is 3.45.